The molecule has 3 unspecified atom stereocenters. The Kier molecular flexibility index (Phi) is 3.46. The molecular weight excluding hydrogens is 234 g/mol. The molecule has 4 heteroatoms. The first-order chi connectivity index (χ1) is 8.41. The zero-order valence-electron chi connectivity index (χ0n) is 11.1. The number of nitrogen functional groups attached to an aromatic ring is 1. The topological polar surface area (TPSA) is 29.3 Å². The Balaban J connectivity index is 2.44. The first-order valence-corrected chi connectivity index (χ1v) is 6.42. The van der Waals surface area contributed by atoms with Crippen molar-refractivity contribution in [2.45, 2.75) is 33.2 Å². The minimum atomic E-state index is -0.836. The number of anilines is 2. The Labute approximate surface area is 107 Å². The summed E-state index contributed by atoms with van der Waals surface area (Å²) in [5.74, 6) is -0.769. The van der Waals surface area contributed by atoms with Crippen molar-refractivity contribution in [2.24, 2.45) is 11.8 Å². The fourth-order valence-corrected chi connectivity index (χ4v) is 2.86. The quantitative estimate of drug-likeness (QED) is 0.778. The van der Waals surface area contributed by atoms with Crippen LogP contribution in [0.4, 0.5) is 20.2 Å². The highest BCUT2D eigenvalue weighted by molar-refractivity contribution is 5.69. The highest BCUT2D eigenvalue weighted by atomic mass is 19.2. The van der Waals surface area contributed by atoms with Crippen LogP contribution in [0.15, 0.2) is 12.1 Å². The van der Waals surface area contributed by atoms with E-state index in [1.807, 2.05) is 11.8 Å². The first kappa shape index (κ1) is 13.1. The van der Waals surface area contributed by atoms with E-state index >= 15 is 0 Å². The maximum atomic E-state index is 14.0. The number of benzene rings is 1. The summed E-state index contributed by atoms with van der Waals surface area (Å²) >= 11 is 0. The molecule has 2 N–H and O–H groups in total. The van der Waals surface area contributed by atoms with Crippen LogP contribution in [0.1, 0.15) is 27.2 Å². The Hall–Kier alpha value is -1.32. The Bertz CT molecular complexity index is 448. The number of rotatable bonds is 1. The van der Waals surface area contributed by atoms with E-state index in [0.717, 1.165) is 19.0 Å². The molecule has 1 heterocycles. The number of hydrogen-bond acceptors (Lipinski definition) is 2. The number of halogens is 2. The van der Waals surface area contributed by atoms with Crippen LogP contribution in [0.5, 0.6) is 0 Å². The molecule has 0 radical (unpaired) electrons. The molecule has 1 aliphatic rings. The molecule has 1 aliphatic heterocycles. The van der Waals surface area contributed by atoms with E-state index in [9.17, 15) is 8.78 Å². The second-order valence-electron chi connectivity index (χ2n) is 5.51. The van der Waals surface area contributed by atoms with Crippen molar-refractivity contribution in [3.05, 3.63) is 23.8 Å². The maximum absolute atomic E-state index is 14.0. The summed E-state index contributed by atoms with van der Waals surface area (Å²) in [7, 11) is 0. The molecule has 0 spiro atoms. The van der Waals surface area contributed by atoms with Crippen LogP contribution in [-0.2, 0) is 0 Å². The molecule has 1 fully saturated rings. The van der Waals surface area contributed by atoms with E-state index in [2.05, 4.69) is 13.8 Å². The lowest BCUT2D eigenvalue weighted by Crippen LogP contribution is -2.46. The van der Waals surface area contributed by atoms with Crippen LogP contribution < -0.4 is 10.6 Å². The lowest BCUT2D eigenvalue weighted by molar-refractivity contribution is 0.294. The SMILES string of the molecule is CC1CC(C)C(C)N(c2c(N)ccc(F)c2F)C1. The molecule has 0 aliphatic carbocycles. The van der Waals surface area contributed by atoms with E-state index in [0.29, 0.717) is 17.5 Å². The van der Waals surface area contributed by atoms with Crippen molar-refractivity contribution >= 4 is 11.4 Å². The molecular formula is C14H20F2N2. The van der Waals surface area contributed by atoms with Crippen LogP contribution in [0, 0.1) is 23.5 Å². The van der Waals surface area contributed by atoms with Crippen molar-refractivity contribution in [3.8, 4) is 0 Å². The minimum Gasteiger partial charge on any atom is -0.397 e. The average molecular weight is 254 g/mol. The smallest absolute Gasteiger partial charge is 0.184 e. The number of nitrogens with zero attached hydrogens (tertiary/aromatic N) is 1. The third kappa shape index (κ3) is 2.16. The van der Waals surface area contributed by atoms with Gasteiger partial charge in [0, 0.05) is 12.6 Å². The molecule has 18 heavy (non-hydrogen) atoms. The van der Waals surface area contributed by atoms with Gasteiger partial charge in [0.1, 0.15) is 0 Å². The molecule has 1 aromatic rings. The molecule has 1 aromatic carbocycles. The van der Waals surface area contributed by atoms with Gasteiger partial charge >= 0.3 is 0 Å². The summed E-state index contributed by atoms with van der Waals surface area (Å²) in [6.07, 6.45) is 1.11. The third-order valence-corrected chi connectivity index (χ3v) is 3.99. The van der Waals surface area contributed by atoms with Gasteiger partial charge in [-0.25, -0.2) is 8.78 Å². The van der Waals surface area contributed by atoms with Gasteiger partial charge in [-0.15, -0.1) is 0 Å². The second-order valence-corrected chi connectivity index (χ2v) is 5.51. The van der Waals surface area contributed by atoms with E-state index in [-0.39, 0.29) is 11.7 Å². The summed E-state index contributed by atoms with van der Waals surface area (Å²) in [5.41, 5.74) is 6.36. The zero-order valence-corrected chi connectivity index (χ0v) is 11.1. The summed E-state index contributed by atoms with van der Waals surface area (Å²) in [6.45, 7) is 7.03. The molecule has 0 saturated carbocycles. The molecule has 0 bridgehead atoms. The predicted octanol–water partition coefficient (Wildman–Crippen LogP) is 3.42. The van der Waals surface area contributed by atoms with Crippen LogP contribution >= 0.6 is 0 Å². The van der Waals surface area contributed by atoms with Crippen molar-refractivity contribution in [3.63, 3.8) is 0 Å². The summed E-state index contributed by atoms with van der Waals surface area (Å²) in [4.78, 5) is 1.91. The Morgan fingerprint density at radius 2 is 1.89 bits per heavy atom. The van der Waals surface area contributed by atoms with Crippen molar-refractivity contribution in [1.29, 1.82) is 0 Å². The fraction of sp³-hybridized carbons (Fsp3) is 0.571. The first-order valence-electron chi connectivity index (χ1n) is 6.42. The third-order valence-electron chi connectivity index (χ3n) is 3.99. The number of nitrogens with two attached hydrogens (primary N) is 1. The lowest BCUT2D eigenvalue weighted by atomic mass is 9.85. The van der Waals surface area contributed by atoms with E-state index in [1.165, 1.54) is 6.07 Å². The fourth-order valence-electron chi connectivity index (χ4n) is 2.86. The van der Waals surface area contributed by atoms with Gasteiger partial charge in [0.15, 0.2) is 11.6 Å². The van der Waals surface area contributed by atoms with Gasteiger partial charge < -0.3 is 10.6 Å². The molecule has 3 atom stereocenters. The second kappa shape index (κ2) is 4.75. The summed E-state index contributed by atoms with van der Waals surface area (Å²) in [6, 6.07) is 2.68. The van der Waals surface area contributed by atoms with Gasteiger partial charge in [-0.3, -0.25) is 0 Å². The molecule has 1 saturated heterocycles. The monoisotopic (exact) mass is 254 g/mol. The highest BCUT2D eigenvalue weighted by Crippen LogP contribution is 2.36. The molecule has 0 aromatic heterocycles. The highest BCUT2D eigenvalue weighted by Gasteiger charge is 2.32. The lowest BCUT2D eigenvalue weighted by Gasteiger charge is -2.43. The minimum absolute atomic E-state index is 0.166. The normalized spacial score (nSPS) is 28.5. The molecule has 2 rings (SSSR count). The summed E-state index contributed by atoms with van der Waals surface area (Å²) < 4.78 is 27.4. The average Bonchev–Trinajstić information content (AvgIpc) is 2.30. The van der Waals surface area contributed by atoms with Crippen molar-refractivity contribution in [1.82, 2.24) is 0 Å². The molecule has 2 nitrogen and oxygen atoms in total. The number of hydrogen-bond donors (Lipinski definition) is 1. The Morgan fingerprint density at radius 1 is 1.22 bits per heavy atom. The van der Waals surface area contributed by atoms with Crippen LogP contribution in [-0.4, -0.2) is 12.6 Å². The van der Waals surface area contributed by atoms with Gasteiger partial charge in [0.05, 0.1) is 11.4 Å². The van der Waals surface area contributed by atoms with E-state index < -0.39 is 11.6 Å². The molecule has 0 amide bonds. The van der Waals surface area contributed by atoms with Crippen molar-refractivity contribution < 1.29 is 8.78 Å². The number of piperidine rings is 1. The maximum Gasteiger partial charge on any atom is 0.184 e. The Morgan fingerprint density at radius 3 is 2.56 bits per heavy atom. The van der Waals surface area contributed by atoms with Gasteiger partial charge in [-0.2, -0.15) is 0 Å². The zero-order chi connectivity index (χ0) is 13.4. The van der Waals surface area contributed by atoms with Gasteiger partial charge in [-0.05, 0) is 37.3 Å². The largest absolute Gasteiger partial charge is 0.397 e. The van der Waals surface area contributed by atoms with Gasteiger partial charge in [0.2, 0.25) is 0 Å². The molecule has 100 valence electrons. The standard InChI is InChI=1S/C14H20F2N2/c1-8-6-9(2)10(3)18(7-8)14-12(17)5-4-11(15)13(14)16/h4-5,8-10H,6-7,17H2,1-3H3. The van der Waals surface area contributed by atoms with Gasteiger partial charge in [-0.1, -0.05) is 13.8 Å². The van der Waals surface area contributed by atoms with E-state index in [4.69, 9.17) is 5.73 Å². The van der Waals surface area contributed by atoms with E-state index in [1.54, 1.807) is 0 Å². The predicted molar refractivity (Wildman–Crippen MR) is 70.5 cm³/mol. The van der Waals surface area contributed by atoms with Crippen LogP contribution in [0.3, 0.4) is 0 Å². The van der Waals surface area contributed by atoms with Gasteiger partial charge in [0.25, 0.3) is 0 Å². The van der Waals surface area contributed by atoms with Crippen LogP contribution in [0.2, 0.25) is 0 Å². The summed E-state index contributed by atoms with van der Waals surface area (Å²) in [5, 5.41) is 0. The van der Waals surface area contributed by atoms with Crippen molar-refractivity contribution in [2.75, 3.05) is 17.2 Å². The van der Waals surface area contributed by atoms with Crippen LogP contribution in [0.25, 0.3) is 0 Å².